The van der Waals surface area contributed by atoms with Gasteiger partial charge in [0.2, 0.25) is 5.76 Å². The Hall–Kier alpha value is -3.13. The Morgan fingerprint density at radius 2 is 2.07 bits per heavy atom. The molecule has 0 N–H and O–H groups in total. The first-order chi connectivity index (χ1) is 14.0. The third-order valence-electron chi connectivity index (χ3n) is 5.21. The largest absolute Gasteiger partial charge is 0.497 e. The van der Waals surface area contributed by atoms with Crippen LogP contribution >= 0.6 is 0 Å². The van der Waals surface area contributed by atoms with E-state index in [0.717, 1.165) is 28.4 Å². The van der Waals surface area contributed by atoms with Crippen LogP contribution in [0.2, 0.25) is 0 Å². The van der Waals surface area contributed by atoms with E-state index in [1.54, 1.807) is 25.0 Å². The summed E-state index contributed by atoms with van der Waals surface area (Å²) in [6.07, 6.45) is 0. The Kier molecular flexibility index (Phi) is 5.10. The summed E-state index contributed by atoms with van der Waals surface area (Å²) < 4.78 is 18.1. The summed E-state index contributed by atoms with van der Waals surface area (Å²) in [4.78, 5) is 14.9. The minimum Gasteiger partial charge on any atom is -0.497 e. The molecule has 8 heteroatoms. The number of morpholine rings is 1. The van der Waals surface area contributed by atoms with Crippen molar-refractivity contribution in [1.82, 2.24) is 19.8 Å². The van der Waals surface area contributed by atoms with Gasteiger partial charge in [0.1, 0.15) is 5.75 Å². The molecule has 152 valence electrons. The molecule has 1 aliphatic heterocycles. The molecule has 3 aromatic rings. The summed E-state index contributed by atoms with van der Waals surface area (Å²) in [6.45, 7) is 7.12. The van der Waals surface area contributed by atoms with Crippen LogP contribution in [0.15, 0.2) is 34.9 Å². The van der Waals surface area contributed by atoms with E-state index >= 15 is 0 Å². The molecule has 1 atom stereocenters. The van der Waals surface area contributed by atoms with Crippen LogP contribution in [0.25, 0.3) is 5.69 Å². The number of rotatable bonds is 4. The number of benzene rings is 1. The molecule has 29 heavy (non-hydrogen) atoms. The monoisotopic (exact) mass is 396 g/mol. The van der Waals surface area contributed by atoms with E-state index in [2.05, 4.69) is 5.16 Å². The predicted octanol–water partition coefficient (Wildman–Crippen LogP) is 3.01. The number of ether oxygens (including phenoxy) is 2. The van der Waals surface area contributed by atoms with E-state index in [-0.39, 0.29) is 17.7 Å². The standard InChI is InChI=1S/C21H24N4O4/c1-13-10-19(29-23-13)21(26)24-8-9-28-12-18(24)20-14(2)22-25(15(20)3)16-6-5-7-17(11-16)27-4/h5-7,10-11,18H,8-9,12H2,1-4H3/t18-/m1/s1. The second-order valence-electron chi connectivity index (χ2n) is 7.12. The Morgan fingerprint density at radius 1 is 1.24 bits per heavy atom. The third-order valence-corrected chi connectivity index (χ3v) is 5.21. The minimum atomic E-state index is -0.249. The number of hydrogen-bond donors (Lipinski definition) is 0. The number of methoxy groups -OCH3 is 1. The zero-order valence-corrected chi connectivity index (χ0v) is 17.0. The van der Waals surface area contributed by atoms with E-state index < -0.39 is 0 Å². The molecular weight excluding hydrogens is 372 g/mol. The van der Waals surface area contributed by atoms with Crippen molar-refractivity contribution < 1.29 is 18.8 Å². The zero-order valence-electron chi connectivity index (χ0n) is 17.0. The van der Waals surface area contributed by atoms with Crippen LogP contribution in [-0.2, 0) is 4.74 Å². The molecule has 0 saturated carbocycles. The van der Waals surface area contributed by atoms with Gasteiger partial charge in [-0.2, -0.15) is 5.10 Å². The fourth-order valence-corrected chi connectivity index (χ4v) is 3.82. The van der Waals surface area contributed by atoms with Crippen molar-refractivity contribution in [2.45, 2.75) is 26.8 Å². The highest BCUT2D eigenvalue weighted by Crippen LogP contribution is 2.32. The molecule has 3 heterocycles. The molecule has 0 aliphatic carbocycles. The summed E-state index contributed by atoms with van der Waals surface area (Å²) in [5.41, 5.74) is 4.37. The van der Waals surface area contributed by atoms with Crippen molar-refractivity contribution in [2.24, 2.45) is 0 Å². The number of amides is 1. The lowest BCUT2D eigenvalue weighted by Crippen LogP contribution is -2.43. The highest BCUT2D eigenvalue weighted by atomic mass is 16.5. The first kappa shape index (κ1) is 19.2. The van der Waals surface area contributed by atoms with Crippen LogP contribution in [0.1, 0.15) is 39.2 Å². The van der Waals surface area contributed by atoms with Crippen molar-refractivity contribution in [3.05, 3.63) is 58.7 Å². The second-order valence-corrected chi connectivity index (χ2v) is 7.12. The van der Waals surface area contributed by atoms with E-state index in [1.807, 2.05) is 42.8 Å². The fourth-order valence-electron chi connectivity index (χ4n) is 3.82. The Balaban J connectivity index is 1.72. The lowest BCUT2D eigenvalue weighted by molar-refractivity contribution is -0.00498. The van der Waals surface area contributed by atoms with Gasteiger partial charge in [-0.05, 0) is 32.9 Å². The van der Waals surface area contributed by atoms with Crippen LogP contribution in [0.3, 0.4) is 0 Å². The highest BCUT2D eigenvalue weighted by Gasteiger charge is 2.34. The number of aryl methyl sites for hydroxylation is 2. The molecule has 1 aromatic carbocycles. The smallest absolute Gasteiger partial charge is 0.293 e. The molecule has 0 unspecified atom stereocenters. The summed E-state index contributed by atoms with van der Waals surface area (Å²) in [7, 11) is 1.64. The molecule has 2 aromatic heterocycles. The number of aromatic nitrogens is 3. The van der Waals surface area contributed by atoms with Gasteiger partial charge < -0.3 is 18.9 Å². The molecule has 0 radical (unpaired) electrons. The highest BCUT2D eigenvalue weighted by molar-refractivity contribution is 5.92. The normalized spacial score (nSPS) is 16.8. The summed E-state index contributed by atoms with van der Waals surface area (Å²) >= 11 is 0. The number of hydrogen-bond acceptors (Lipinski definition) is 6. The van der Waals surface area contributed by atoms with Crippen molar-refractivity contribution in [1.29, 1.82) is 0 Å². The number of nitrogens with zero attached hydrogens (tertiary/aromatic N) is 4. The van der Waals surface area contributed by atoms with E-state index in [0.29, 0.717) is 25.5 Å². The first-order valence-electron chi connectivity index (χ1n) is 9.52. The van der Waals surface area contributed by atoms with Crippen LogP contribution in [-0.4, -0.2) is 52.6 Å². The SMILES string of the molecule is COc1cccc(-n2nc(C)c([C@H]3COCCN3C(=O)c3cc(C)no3)c2C)c1. The number of carbonyl (C=O) groups is 1. The molecule has 0 bridgehead atoms. The van der Waals surface area contributed by atoms with Gasteiger partial charge in [0, 0.05) is 29.9 Å². The maximum atomic E-state index is 13.1. The van der Waals surface area contributed by atoms with Crippen LogP contribution < -0.4 is 4.74 Å². The van der Waals surface area contributed by atoms with Gasteiger partial charge in [-0.3, -0.25) is 4.79 Å². The topological polar surface area (TPSA) is 82.6 Å². The van der Waals surface area contributed by atoms with E-state index in [4.69, 9.17) is 19.1 Å². The van der Waals surface area contributed by atoms with Gasteiger partial charge in [-0.1, -0.05) is 11.2 Å². The molecule has 1 aliphatic rings. The molecule has 8 nitrogen and oxygen atoms in total. The van der Waals surface area contributed by atoms with Crippen molar-refractivity contribution in [3.63, 3.8) is 0 Å². The summed E-state index contributed by atoms with van der Waals surface area (Å²) in [6, 6.07) is 9.14. The molecule has 1 fully saturated rings. The van der Waals surface area contributed by atoms with Gasteiger partial charge in [0.05, 0.1) is 43.4 Å². The molecule has 0 spiro atoms. The summed E-state index contributed by atoms with van der Waals surface area (Å²) in [5, 5.41) is 8.58. The van der Waals surface area contributed by atoms with Crippen molar-refractivity contribution in [3.8, 4) is 11.4 Å². The number of carbonyl (C=O) groups excluding carboxylic acids is 1. The molecule has 1 amide bonds. The van der Waals surface area contributed by atoms with Gasteiger partial charge >= 0.3 is 0 Å². The third kappa shape index (κ3) is 3.51. The average molecular weight is 396 g/mol. The Labute approximate surface area is 169 Å². The molecule has 1 saturated heterocycles. The van der Waals surface area contributed by atoms with Gasteiger partial charge in [0.15, 0.2) is 0 Å². The second kappa shape index (κ2) is 7.71. The lowest BCUT2D eigenvalue weighted by Gasteiger charge is -2.35. The van der Waals surface area contributed by atoms with Crippen LogP contribution in [0, 0.1) is 20.8 Å². The van der Waals surface area contributed by atoms with Crippen molar-refractivity contribution >= 4 is 5.91 Å². The van der Waals surface area contributed by atoms with Crippen molar-refractivity contribution in [2.75, 3.05) is 26.9 Å². The first-order valence-corrected chi connectivity index (χ1v) is 9.52. The molecular formula is C21H24N4O4. The van der Waals surface area contributed by atoms with Gasteiger partial charge in [-0.15, -0.1) is 0 Å². The Morgan fingerprint density at radius 3 is 2.79 bits per heavy atom. The summed E-state index contributed by atoms with van der Waals surface area (Å²) in [5.74, 6) is 0.812. The van der Waals surface area contributed by atoms with Gasteiger partial charge in [-0.25, -0.2) is 4.68 Å². The van der Waals surface area contributed by atoms with E-state index in [1.165, 1.54) is 0 Å². The maximum Gasteiger partial charge on any atom is 0.293 e. The average Bonchev–Trinajstić information content (AvgIpc) is 3.30. The minimum absolute atomic E-state index is 0.188. The van der Waals surface area contributed by atoms with Crippen LogP contribution in [0.4, 0.5) is 0 Å². The predicted molar refractivity (Wildman–Crippen MR) is 105 cm³/mol. The fraction of sp³-hybridized carbons (Fsp3) is 0.381. The zero-order chi connectivity index (χ0) is 20.5. The quantitative estimate of drug-likeness (QED) is 0.674. The Bertz CT molecular complexity index is 1040. The van der Waals surface area contributed by atoms with Crippen LogP contribution in [0.5, 0.6) is 5.75 Å². The maximum absolute atomic E-state index is 13.1. The van der Waals surface area contributed by atoms with E-state index in [9.17, 15) is 4.79 Å². The molecule has 4 rings (SSSR count). The lowest BCUT2D eigenvalue weighted by atomic mass is 10.0. The van der Waals surface area contributed by atoms with Gasteiger partial charge in [0.25, 0.3) is 5.91 Å².